The number of nitrogens with one attached hydrogen (secondary N) is 1. The van der Waals surface area contributed by atoms with Crippen LogP contribution in [0.3, 0.4) is 0 Å². The van der Waals surface area contributed by atoms with Gasteiger partial charge in [-0.1, -0.05) is 0 Å². The molecule has 0 aromatic carbocycles. The standard InChI is InChI=1S/C10H16ClN3O2/c1-7-4-9(16-3)14-10(12-7)13-8(5-11)6-15-2/h4,8H,5-6H2,1-3H3,(H,12,13,14). The van der Waals surface area contributed by atoms with Crippen molar-refractivity contribution in [1.29, 1.82) is 0 Å². The van der Waals surface area contributed by atoms with Crippen molar-refractivity contribution in [3.8, 4) is 5.88 Å². The minimum absolute atomic E-state index is 0.0156. The van der Waals surface area contributed by atoms with Gasteiger partial charge in [-0.25, -0.2) is 4.98 Å². The number of aromatic nitrogens is 2. The molecule has 0 fully saturated rings. The van der Waals surface area contributed by atoms with E-state index in [0.717, 1.165) is 5.69 Å². The van der Waals surface area contributed by atoms with Crippen LogP contribution in [-0.2, 0) is 4.74 Å². The lowest BCUT2D eigenvalue weighted by molar-refractivity contribution is 0.191. The molecule has 0 aliphatic carbocycles. The second-order valence-corrected chi connectivity index (χ2v) is 3.63. The van der Waals surface area contributed by atoms with Gasteiger partial charge in [0.1, 0.15) is 0 Å². The summed E-state index contributed by atoms with van der Waals surface area (Å²) in [5.74, 6) is 1.45. The molecule has 0 spiro atoms. The lowest BCUT2D eigenvalue weighted by Crippen LogP contribution is -2.27. The molecular formula is C10H16ClN3O2. The highest BCUT2D eigenvalue weighted by Crippen LogP contribution is 2.12. The summed E-state index contributed by atoms with van der Waals surface area (Å²) in [6.45, 7) is 2.38. The van der Waals surface area contributed by atoms with Crippen molar-refractivity contribution in [3.63, 3.8) is 0 Å². The summed E-state index contributed by atoms with van der Waals surface area (Å²) in [4.78, 5) is 8.40. The molecule has 0 saturated heterocycles. The molecule has 1 atom stereocenters. The van der Waals surface area contributed by atoms with E-state index in [0.29, 0.717) is 24.3 Å². The Morgan fingerprint density at radius 3 is 2.75 bits per heavy atom. The Hall–Kier alpha value is -1.07. The van der Waals surface area contributed by atoms with Crippen LogP contribution in [0.4, 0.5) is 5.95 Å². The Bertz CT molecular complexity index is 336. The van der Waals surface area contributed by atoms with E-state index in [-0.39, 0.29) is 6.04 Å². The fraction of sp³-hybridized carbons (Fsp3) is 0.600. The molecule has 1 unspecified atom stereocenters. The molecule has 16 heavy (non-hydrogen) atoms. The predicted molar refractivity (Wildman–Crippen MR) is 63.3 cm³/mol. The molecule has 0 amide bonds. The van der Waals surface area contributed by atoms with Crippen molar-refractivity contribution in [2.45, 2.75) is 13.0 Å². The number of anilines is 1. The maximum atomic E-state index is 5.78. The first-order chi connectivity index (χ1) is 7.69. The molecule has 90 valence electrons. The number of alkyl halides is 1. The molecule has 6 heteroatoms. The smallest absolute Gasteiger partial charge is 0.226 e. The largest absolute Gasteiger partial charge is 0.481 e. The Balaban J connectivity index is 2.74. The predicted octanol–water partition coefficient (Wildman–Crippen LogP) is 1.46. The van der Waals surface area contributed by atoms with Gasteiger partial charge in [-0.15, -0.1) is 11.6 Å². The van der Waals surface area contributed by atoms with Gasteiger partial charge < -0.3 is 14.8 Å². The number of hydrogen-bond donors (Lipinski definition) is 1. The minimum atomic E-state index is -0.0156. The van der Waals surface area contributed by atoms with Gasteiger partial charge in [0.2, 0.25) is 11.8 Å². The first-order valence-electron chi connectivity index (χ1n) is 4.90. The van der Waals surface area contributed by atoms with Crippen LogP contribution in [0.1, 0.15) is 5.69 Å². The number of rotatable bonds is 6. The van der Waals surface area contributed by atoms with Gasteiger partial charge in [-0.3, -0.25) is 0 Å². The summed E-state index contributed by atoms with van der Waals surface area (Å²) in [6, 6.07) is 1.75. The zero-order valence-corrected chi connectivity index (χ0v) is 10.4. The highest BCUT2D eigenvalue weighted by atomic mass is 35.5. The van der Waals surface area contributed by atoms with E-state index in [4.69, 9.17) is 21.1 Å². The van der Waals surface area contributed by atoms with Crippen molar-refractivity contribution in [1.82, 2.24) is 9.97 Å². The van der Waals surface area contributed by atoms with Crippen molar-refractivity contribution in [2.75, 3.05) is 32.0 Å². The Kier molecular flexibility index (Phi) is 5.28. The Labute approximate surface area is 100 Å². The van der Waals surface area contributed by atoms with Crippen LogP contribution in [0.5, 0.6) is 5.88 Å². The van der Waals surface area contributed by atoms with Gasteiger partial charge in [0.25, 0.3) is 0 Å². The van der Waals surface area contributed by atoms with Gasteiger partial charge in [0.05, 0.1) is 19.8 Å². The van der Waals surface area contributed by atoms with Gasteiger partial charge in [0.15, 0.2) is 0 Å². The summed E-state index contributed by atoms with van der Waals surface area (Å²) in [6.07, 6.45) is 0. The van der Waals surface area contributed by atoms with Gasteiger partial charge >= 0.3 is 0 Å². The molecular weight excluding hydrogens is 230 g/mol. The minimum Gasteiger partial charge on any atom is -0.481 e. The molecule has 0 aliphatic rings. The second-order valence-electron chi connectivity index (χ2n) is 3.33. The summed E-state index contributed by atoms with van der Waals surface area (Å²) >= 11 is 5.78. The van der Waals surface area contributed by atoms with Crippen LogP contribution >= 0.6 is 11.6 Å². The first kappa shape index (κ1) is 13.0. The van der Waals surface area contributed by atoms with E-state index in [1.165, 1.54) is 0 Å². The first-order valence-corrected chi connectivity index (χ1v) is 5.44. The number of halogens is 1. The summed E-state index contributed by atoms with van der Waals surface area (Å²) < 4.78 is 10.1. The van der Waals surface area contributed by atoms with E-state index in [2.05, 4.69) is 15.3 Å². The van der Waals surface area contributed by atoms with E-state index in [1.807, 2.05) is 6.92 Å². The van der Waals surface area contributed by atoms with Crippen LogP contribution in [-0.4, -0.2) is 42.7 Å². The van der Waals surface area contributed by atoms with Crippen molar-refractivity contribution < 1.29 is 9.47 Å². The summed E-state index contributed by atoms with van der Waals surface area (Å²) in [5, 5.41) is 3.09. The second kappa shape index (κ2) is 6.50. The molecule has 1 rings (SSSR count). The molecule has 1 N–H and O–H groups in total. The fourth-order valence-electron chi connectivity index (χ4n) is 1.22. The molecule has 1 heterocycles. The van der Waals surface area contributed by atoms with Crippen molar-refractivity contribution in [2.24, 2.45) is 0 Å². The van der Waals surface area contributed by atoms with E-state index in [1.54, 1.807) is 20.3 Å². The number of methoxy groups -OCH3 is 2. The molecule has 0 aliphatic heterocycles. The third kappa shape index (κ3) is 3.83. The third-order valence-electron chi connectivity index (χ3n) is 1.93. The van der Waals surface area contributed by atoms with Crippen LogP contribution in [0.15, 0.2) is 6.07 Å². The quantitative estimate of drug-likeness (QED) is 0.769. The lowest BCUT2D eigenvalue weighted by Gasteiger charge is -2.15. The third-order valence-corrected chi connectivity index (χ3v) is 2.30. The van der Waals surface area contributed by atoms with Crippen LogP contribution in [0.2, 0.25) is 0 Å². The molecule has 1 aromatic heterocycles. The number of aryl methyl sites for hydroxylation is 1. The molecule has 5 nitrogen and oxygen atoms in total. The van der Waals surface area contributed by atoms with Crippen LogP contribution in [0.25, 0.3) is 0 Å². The highest BCUT2D eigenvalue weighted by Gasteiger charge is 2.09. The Morgan fingerprint density at radius 1 is 1.44 bits per heavy atom. The van der Waals surface area contributed by atoms with Gasteiger partial charge in [0, 0.05) is 24.8 Å². The Morgan fingerprint density at radius 2 is 2.19 bits per heavy atom. The van der Waals surface area contributed by atoms with Gasteiger partial charge in [-0.05, 0) is 6.92 Å². The maximum absolute atomic E-state index is 5.78. The number of hydrogen-bond acceptors (Lipinski definition) is 5. The van der Waals surface area contributed by atoms with E-state index < -0.39 is 0 Å². The average Bonchev–Trinajstić information content (AvgIpc) is 2.27. The molecule has 1 aromatic rings. The SMILES string of the molecule is COCC(CCl)Nc1nc(C)cc(OC)n1. The average molecular weight is 246 g/mol. The molecule has 0 saturated carbocycles. The fourth-order valence-corrected chi connectivity index (χ4v) is 1.38. The molecule has 0 bridgehead atoms. The van der Waals surface area contributed by atoms with Crippen molar-refractivity contribution >= 4 is 17.5 Å². The number of ether oxygens (including phenoxy) is 2. The van der Waals surface area contributed by atoms with Crippen LogP contribution < -0.4 is 10.1 Å². The summed E-state index contributed by atoms with van der Waals surface area (Å²) in [7, 11) is 3.19. The maximum Gasteiger partial charge on any atom is 0.226 e. The van der Waals surface area contributed by atoms with E-state index in [9.17, 15) is 0 Å². The number of nitrogens with zero attached hydrogens (tertiary/aromatic N) is 2. The zero-order chi connectivity index (χ0) is 12.0. The lowest BCUT2D eigenvalue weighted by atomic mass is 10.3. The highest BCUT2D eigenvalue weighted by molar-refractivity contribution is 6.18. The molecule has 0 radical (unpaired) electrons. The van der Waals surface area contributed by atoms with Gasteiger partial charge in [-0.2, -0.15) is 4.98 Å². The van der Waals surface area contributed by atoms with Crippen molar-refractivity contribution in [3.05, 3.63) is 11.8 Å². The summed E-state index contributed by atoms with van der Waals surface area (Å²) in [5.41, 5.74) is 0.833. The monoisotopic (exact) mass is 245 g/mol. The zero-order valence-electron chi connectivity index (χ0n) is 9.66. The van der Waals surface area contributed by atoms with E-state index >= 15 is 0 Å². The van der Waals surface area contributed by atoms with Crippen LogP contribution in [0, 0.1) is 6.92 Å². The topological polar surface area (TPSA) is 56.3 Å². The normalized spacial score (nSPS) is 12.2.